The second-order valence-electron chi connectivity index (χ2n) is 5.10. The molecule has 0 radical (unpaired) electrons. The van der Waals surface area contributed by atoms with Crippen molar-refractivity contribution in [3.05, 3.63) is 29.6 Å². The Kier molecular flexibility index (Phi) is 4.34. The molecule has 1 saturated carbocycles. The number of carbonyl (C=O) groups excluding carboxylic acids is 2. The zero-order valence-corrected chi connectivity index (χ0v) is 11.1. The van der Waals surface area contributed by atoms with Gasteiger partial charge in [0.25, 0.3) is 0 Å². The molecule has 1 aromatic rings. The van der Waals surface area contributed by atoms with E-state index in [9.17, 15) is 14.0 Å². The first kappa shape index (κ1) is 14.5. The molecule has 2 unspecified atom stereocenters. The molecule has 0 aliphatic heterocycles. The van der Waals surface area contributed by atoms with Crippen LogP contribution in [0.1, 0.15) is 36.0 Å². The van der Waals surface area contributed by atoms with Crippen LogP contribution < -0.4 is 16.8 Å². The lowest BCUT2D eigenvalue weighted by molar-refractivity contribution is -0.121. The number of hydrogen-bond donors (Lipinski definition) is 3. The van der Waals surface area contributed by atoms with Crippen molar-refractivity contribution < 1.29 is 14.0 Å². The van der Waals surface area contributed by atoms with E-state index in [2.05, 4.69) is 5.32 Å². The molecule has 5 N–H and O–H groups in total. The van der Waals surface area contributed by atoms with Gasteiger partial charge in [-0.3, -0.25) is 9.59 Å². The van der Waals surface area contributed by atoms with Crippen LogP contribution in [0.4, 0.5) is 10.1 Å². The standard InChI is InChI=1S/C14H18FN3O2/c15-10-6-5-8(13(17)19)7-12(10)18-14(20)9-3-1-2-4-11(9)16/h5-7,9,11H,1-4,16H2,(H2,17,19)(H,18,20). The topological polar surface area (TPSA) is 98.2 Å². The van der Waals surface area contributed by atoms with Gasteiger partial charge < -0.3 is 16.8 Å². The fourth-order valence-electron chi connectivity index (χ4n) is 2.48. The Morgan fingerprint density at radius 2 is 1.95 bits per heavy atom. The van der Waals surface area contributed by atoms with E-state index in [4.69, 9.17) is 11.5 Å². The van der Waals surface area contributed by atoms with Crippen molar-refractivity contribution in [1.82, 2.24) is 0 Å². The van der Waals surface area contributed by atoms with Crippen molar-refractivity contribution >= 4 is 17.5 Å². The molecule has 2 amide bonds. The van der Waals surface area contributed by atoms with Crippen molar-refractivity contribution in [1.29, 1.82) is 0 Å². The minimum absolute atomic E-state index is 0.0379. The van der Waals surface area contributed by atoms with E-state index >= 15 is 0 Å². The number of rotatable bonds is 3. The maximum Gasteiger partial charge on any atom is 0.248 e. The number of primary amides is 1. The third-order valence-corrected chi connectivity index (χ3v) is 3.66. The Morgan fingerprint density at radius 1 is 1.25 bits per heavy atom. The van der Waals surface area contributed by atoms with Gasteiger partial charge in [-0.05, 0) is 31.0 Å². The highest BCUT2D eigenvalue weighted by molar-refractivity contribution is 5.97. The Morgan fingerprint density at radius 3 is 2.60 bits per heavy atom. The van der Waals surface area contributed by atoms with E-state index in [0.29, 0.717) is 6.42 Å². The second kappa shape index (κ2) is 6.00. The molecule has 1 aromatic carbocycles. The highest BCUT2D eigenvalue weighted by Gasteiger charge is 2.28. The first-order chi connectivity index (χ1) is 9.49. The highest BCUT2D eigenvalue weighted by atomic mass is 19.1. The van der Waals surface area contributed by atoms with Crippen LogP contribution in [0.3, 0.4) is 0 Å². The first-order valence-electron chi connectivity index (χ1n) is 6.65. The lowest BCUT2D eigenvalue weighted by atomic mass is 9.84. The fraction of sp³-hybridized carbons (Fsp3) is 0.429. The normalized spacial score (nSPS) is 22.3. The molecule has 0 aromatic heterocycles. The minimum atomic E-state index is -0.671. The Balaban J connectivity index is 2.14. The van der Waals surface area contributed by atoms with Gasteiger partial charge in [-0.25, -0.2) is 4.39 Å². The van der Waals surface area contributed by atoms with Crippen LogP contribution >= 0.6 is 0 Å². The van der Waals surface area contributed by atoms with Crippen LogP contribution in [0.25, 0.3) is 0 Å². The van der Waals surface area contributed by atoms with E-state index in [-0.39, 0.29) is 29.1 Å². The molecule has 0 saturated heterocycles. The Hall–Kier alpha value is -1.95. The van der Waals surface area contributed by atoms with E-state index < -0.39 is 11.7 Å². The van der Waals surface area contributed by atoms with Crippen LogP contribution in [-0.4, -0.2) is 17.9 Å². The number of benzene rings is 1. The second-order valence-corrected chi connectivity index (χ2v) is 5.10. The first-order valence-corrected chi connectivity index (χ1v) is 6.65. The summed E-state index contributed by atoms with van der Waals surface area (Å²) in [5, 5.41) is 2.50. The predicted molar refractivity (Wildman–Crippen MR) is 73.5 cm³/mol. The van der Waals surface area contributed by atoms with E-state index in [1.165, 1.54) is 12.1 Å². The van der Waals surface area contributed by atoms with Gasteiger partial charge in [0.2, 0.25) is 11.8 Å². The van der Waals surface area contributed by atoms with Gasteiger partial charge in [0, 0.05) is 11.6 Å². The lowest BCUT2D eigenvalue weighted by Gasteiger charge is -2.27. The summed E-state index contributed by atoms with van der Waals surface area (Å²) in [6, 6.07) is 3.42. The van der Waals surface area contributed by atoms with Crippen LogP contribution in [0.2, 0.25) is 0 Å². The molecule has 20 heavy (non-hydrogen) atoms. The van der Waals surface area contributed by atoms with Crippen molar-refractivity contribution in [3.63, 3.8) is 0 Å². The molecule has 1 aliphatic rings. The van der Waals surface area contributed by atoms with Gasteiger partial charge in [0.1, 0.15) is 5.82 Å². The molecule has 0 spiro atoms. The Bertz CT molecular complexity index is 533. The molecule has 2 rings (SSSR count). The van der Waals surface area contributed by atoms with Gasteiger partial charge >= 0.3 is 0 Å². The predicted octanol–water partition coefficient (Wildman–Crippen LogP) is 1.38. The molecule has 0 heterocycles. The quantitative estimate of drug-likeness (QED) is 0.779. The van der Waals surface area contributed by atoms with E-state index in [1.54, 1.807) is 0 Å². The number of hydrogen-bond acceptors (Lipinski definition) is 3. The number of anilines is 1. The maximum atomic E-state index is 13.7. The molecule has 1 fully saturated rings. The summed E-state index contributed by atoms with van der Waals surface area (Å²) in [4.78, 5) is 23.2. The minimum Gasteiger partial charge on any atom is -0.366 e. The monoisotopic (exact) mass is 279 g/mol. The summed E-state index contributed by atoms with van der Waals surface area (Å²) in [5.41, 5.74) is 11.2. The third kappa shape index (κ3) is 3.14. The highest BCUT2D eigenvalue weighted by Crippen LogP contribution is 2.25. The molecular formula is C14H18FN3O2. The lowest BCUT2D eigenvalue weighted by Crippen LogP contribution is -2.40. The van der Waals surface area contributed by atoms with Crippen molar-refractivity contribution in [2.75, 3.05) is 5.32 Å². The summed E-state index contributed by atoms with van der Waals surface area (Å²) in [5.74, 6) is -1.90. The van der Waals surface area contributed by atoms with Crippen LogP contribution in [0.5, 0.6) is 0 Å². The van der Waals surface area contributed by atoms with Crippen LogP contribution in [0, 0.1) is 11.7 Å². The maximum absolute atomic E-state index is 13.7. The van der Waals surface area contributed by atoms with Crippen molar-refractivity contribution in [2.45, 2.75) is 31.7 Å². The number of nitrogens with one attached hydrogen (secondary N) is 1. The molecular weight excluding hydrogens is 261 g/mol. The fourth-order valence-corrected chi connectivity index (χ4v) is 2.48. The van der Waals surface area contributed by atoms with E-state index in [1.807, 2.05) is 0 Å². The van der Waals surface area contributed by atoms with Crippen molar-refractivity contribution in [3.8, 4) is 0 Å². The summed E-state index contributed by atoms with van der Waals surface area (Å²) in [7, 11) is 0. The van der Waals surface area contributed by atoms with E-state index in [0.717, 1.165) is 25.3 Å². The summed E-state index contributed by atoms with van der Waals surface area (Å²) in [6.07, 6.45) is 3.44. The van der Waals surface area contributed by atoms with Crippen LogP contribution in [0.15, 0.2) is 18.2 Å². The number of carbonyl (C=O) groups is 2. The van der Waals surface area contributed by atoms with Crippen LogP contribution in [-0.2, 0) is 4.79 Å². The number of nitrogens with two attached hydrogens (primary N) is 2. The molecule has 2 atom stereocenters. The number of halogens is 1. The van der Waals surface area contributed by atoms with Gasteiger partial charge in [0.15, 0.2) is 0 Å². The number of amides is 2. The average Bonchev–Trinajstić information content (AvgIpc) is 2.41. The summed E-state index contributed by atoms with van der Waals surface area (Å²) in [6.45, 7) is 0. The van der Waals surface area contributed by atoms with Gasteiger partial charge in [-0.1, -0.05) is 12.8 Å². The third-order valence-electron chi connectivity index (χ3n) is 3.66. The zero-order valence-electron chi connectivity index (χ0n) is 11.1. The molecule has 108 valence electrons. The molecule has 1 aliphatic carbocycles. The SMILES string of the molecule is NC(=O)c1ccc(F)c(NC(=O)C2CCCCC2N)c1. The Labute approximate surface area is 116 Å². The average molecular weight is 279 g/mol. The van der Waals surface area contributed by atoms with Gasteiger partial charge in [-0.2, -0.15) is 0 Å². The van der Waals surface area contributed by atoms with Gasteiger partial charge in [0.05, 0.1) is 11.6 Å². The van der Waals surface area contributed by atoms with Crippen molar-refractivity contribution in [2.24, 2.45) is 17.4 Å². The van der Waals surface area contributed by atoms with Gasteiger partial charge in [-0.15, -0.1) is 0 Å². The largest absolute Gasteiger partial charge is 0.366 e. The summed E-state index contributed by atoms with van der Waals surface area (Å²) >= 11 is 0. The zero-order chi connectivity index (χ0) is 14.7. The molecule has 6 heteroatoms. The molecule has 5 nitrogen and oxygen atoms in total. The smallest absolute Gasteiger partial charge is 0.248 e. The summed E-state index contributed by atoms with van der Waals surface area (Å²) < 4.78 is 13.7. The molecule has 0 bridgehead atoms.